The maximum absolute atomic E-state index is 11.7. The number of carbonyl (C=O) groups excluding carboxylic acids is 1. The summed E-state index contributed by atoms with van der Waals surface area (Å²) in [6.45, 7) is 3.86. The van der Waals surface area contributed by atoms with E-state index in [1.807, 2.05) is 12.1 Å². The zero-order valence-corrected chi connectivity index (χ0v) is 17.3. The van der Waals surface area contributed by atoms with Gasteiger partial charge >= 0.3 is 0 Å². The van der Waals surface area contributed by atoms with Crippen LogP contribution < -0.4 is 9.47 Å². The highest BCUT2D eigenvalue weighted by molar-refractivity contribution is 5.80. The van der Waals surface area contributed by atoms with Crippen molar-refractivity contribution in [2.45, 2.75) is 63.7 Å². The van der Waals surface area contributed by atoms with Gasteiger partial charge in [-0.05, 0) is 75.6 Å². The maximum Gasteiger partial charge on any atom is 0.231 e. The number of ketones is 1. The Morgan fingerprint density at radius 3 is 2.59 bits per heavy atom. The Balaban J connectivity index is 1.17. The van der Waals surface area contributed by atoms with Crippen molar-refractivity contribution in [2.75, 3.05) is 26.4 Å². The van der Waals surface area contributed by atoms with Gasteiger partial charge < -0.3 is 14.4 Å². The van der Waals surface area contributed by atoms with Crippen molar-refractivity contribution >= 4 is 5.78 Å². The summed E-state index contributed by atoms with van der Waals surface area (Å²) in [5.41, 5.74) is 1.32. The first-order valence-corrected chi connectivity index (χ1v) is 11.2. The predicted octanol–water partition coefficient (Wildman–Crippen LogP) is 4.66. The molecule has 2 heterocycles. The molecule has 0 atom stereocenters. The number of fused-ring (bicyclic) bond motifs is 1. The molecule has 2 fully saturated rings. The third-order valence-electron chi connectivity index (χ3n) is 7.07. The summed E-state index contributed by atoms with van der Waals surface area (Å²) in [6.07, 6.45) is 9.16. The Morgan fingerprint density at radius 2 is 1.83 bits per heavy atom. The lowest BCUT2D eigenvalue weighted by Gasteiger charge is -2.34. The molecule has 0 bridgehead atoms. The number of nitrogens with zero attached hydrogens (tertiary/aromatic N) is 2. The van der Waals surface area contributed by atoms with E-state index < -0.39 is 0 Å². The van der Waals surface area contributed by atoms with Gasteiger partial charge in [0.05, 0.1) is 12.5 Å². The molecule has 156 valence electrons. The van der Waals surface area contributed by atoms with Gasteiger partial charge in [0, 0.05) is 12.0 Å². The molecule has 0 radical (unpaired) electrons. The topological polar surface area (TPSA) is 62.6 Å². The molecule has 0 N–H and O–H groups in total. The van der Waals surface area contributed by atoms with E-state index in [1.54, 1.807) is 0 Å². The molecule has 0 spiro atoms. The third kappa shape index (κ3) is 5.11. The number of rotatable bonds is 7. The summed E-state index contributed by atoms with van der Waals surface area (Å²) in [6, 6.07) is 8.26. The average molecular weight is 397 g/mol. The summed E-state index contributed by atoms with van der Waals surface area (Å²) in [5, 5.41) is 8.64. The fraction of sp³-hybridized carbons (Fsp3) is 0.667. The summed E-state index contributed by atoms with van der Waals surface area (Å²) >= 11 is 0. The van der Waals surface area contributed by atoms with Crippen molar-refractivity contribution in [3.63, 3.8) is 0 Å². The predicted molar refractivity (Wildman–Crippen MR) is 111 cm³/mol. The number of carbonyl (C=O) groups is 1. The molecule has 1 saturated heterocycles. The SMILES string of the molecule is N#CCC(=O)CC1CCC(CCN2CCC(c3cccc4c3OCO4)CC2)CC1. The zero-order chi connectivity index (χ0) is 20.1. The van der Waals surface area contributed by atoms with E-state index in [1.165, 1.54) is 44.2 Å². The van der Waals surface area contributed by atoms with Gasteiger partial charge in [-0.1, -0.05) is 25.0 Å². The lowest BCUT2D eigenvalue weighted by atomic mass is 9.78. The second-order valence-corrected chi connectivity index (χ2v) is 8.95. The van der Waals surface area contributed by atoms with Crippen molar-refractivity contribution in [1.29, 1.82) is 5.26 Å². The van der Waals surface area contributed by atoms with Gasteiger partial charge in [-0.3, -0.25) is 4.79 Å². The Kier molecular flexibility index (Phi) is 6.71. The van der Waals surface area contributed by atoms with Crippen LogP contribution in [0.4, 0.5) is 0 Å². The number of hydrogen-bond donors (Lipinski definition) is 0. The van der Waals surface area contributed by atoms with Crippen LogP contribution in [-0.2, 0) is 4.79 Å². The minimum absolute atomic E-state index is 0.0841. The Labute approximate surface area is 174 Å². The molecular formula is C24H32N2O3. The lowest BCUT2D eigenvalue weighted by molar-refractivity contribution is -0.119. The van der Waals surface area contributed by atoms with Crippen molar-refractivity contribution in [2.24, 2.45) is 11.8 Å². The highest BCUT2D eigenvalue weighted by Gasteiger charge is 2.28. The summed E-state index contributed by atoms with van der Waals surface area (Å²) in [4.78, 5) is 14.3. The molecule has 3 aliphatic rings. The number of ether oxygens (including phenoxy) is 2. The van der Waals surface area contributed by atoms with Crippen LogP contribution in [0.3, 0.4) is 0 Å². The van der Waals surface area contributed by atoms with Gasteiger partial charge in [0.1, 0.15) is 5.78 Å². The molecule has 0 amide bonds. The Bertz CT molecular complexity index is 741. The van der Waals surface area contributed by atoms with Crippen LogP contribution in [0.5, 0.6) is 11.5 Å². The molecule has 1 aromatic carbocycles. The largest absolute Gasteiger partial charge is 0.454 e. The van der Waals surface area contributed by atoms with Gasteiger partial charge in [-0.2, -0.15) is 5.26 Å². The highest BCUT2D eigenvalue weighted by atomic mass is 16.7. The van der Waals surface area contributed by atoms with Crippen molar-refractivity contribution in [3.05, 3.63) is 23.8 Å². The Hall–Kier alpha value is -2.06. The molecule has 29 heavy (non-hydrogen) atoms. The molecule has 1 aliphatic carbocycles. The molecule has 5 heteroatoms. The summed E-state index contributed by atoms with van der Waals surface area (Å²) < 4.78 is 11.2. The summed E-state index contributed by atoms with van der Waals surface area (Å²) in [7, 11) is 0. The van der Waals surface area contributed by atoms with Crippen molar-refractivity contribution < 1.29 is 14.3 Å². The minimum atomic E-state index is 0.0841. The smallest absolute Gasteiger partial charge is 0.231 e. The first kappa shape index (κ1) is 20.2. The van der Waals surface area contributed by atoms with E-state index in [0.717, 1.165) is 43.3 Å². The molecule has 0 aromatic heterocycles. The third-order valence-corrected chi connectivity index (χ3v) is 7.07. The molecule has 2 aliphatic heterocycles. The van der Waals surface area contributed by atoms with E-state index in [0.29, 0.717) is 25.0 Å². The van der Waals surface area contributed by atoms with E-state index in [4.69, 9.17) is 14.7 Å². The molecule has 1 aromatic rings. The molecule has 1 saturated carbocycles. The Morgan fingerprint density at radius 1 is 1.07 bits per heavy atom. The van der Waals surface area contributed by atoms with E-state index in [-0.39, 0.29) is 12.2 Å². The summed E-state index contributed by atoms with van der Waals surface area (Å²) in [5.74, 6) is 3.88. The van der Waals surface area contributed by atoms with Crippen LogP contribution in [0.15, 0.2) is 18.2 Å². The van der Waals surface area contributed by atoms with Crippen LogP contribution in [0.1, 0.15) is 69.3 Å². The molecule has 5 nitrogen and oxygen atoms in total. The van der Waals surface area contributed by atoms with Crippen LogP contribution in [0.2, 0.25) is 0 Å². The zero-order valence-electron chi connectivity index (χ0n) is 17.3. The van der Waals surface area contributed by atoms with Gasteiger partial charge in [-0.15, -0.1) is 0 Å². The van der Waals surface area contributed by atoms with Crippen LogP contribution in [-0.4, -0.2) is 37.1 Å². The average Bonchev–Trinajstić information content (AvgIpc) is 3.23. The highest BCUT2D eigenvalue weighted by Crippen LogP contribution is 2.42. The number of nitriles is 1. The number of Topliss-reactive ketones (excluding diaryl/α,β-unsaturated/α-hetero) is 1. The van der Waals surface area contributed by atoms with Crippen molar-refractivity contribution in [1.82, 2.24) is 4.90 Å². The van der Waals surface area contributed by atoms with E-state index in [2.05, 4.69) is 17.0 Å². The molecular weight excluding hydrogens is 364 g/mol. The number of piperidine rings is 1. The fourth-order valence-electron chi connectivity index (χ4n) is 5.31. The number of para-hydroxylation sites is 1. The second-order valence-electron chi connectivity index (χ2n) is 8.95. The van der Waals surface area contributed by atoms with Crippen molar-refractivity contribution in [3.8, 4) is 17.6 Å². The normalized spacial score (nSPS) is 24.9. The van der Waals surface area contributed by atoms with Gasteiger partial charge in [-0.25, -0.2) is 0 Å². The van der Waals surface area contributed by atoms with Gasteiger partial charge in [0.15, 0.2) is 11.5 Å². The molecule has 4 rings (SSSR count). The maximum atomic E-state index is 11.7. The molecule has 0 unspecified atom stereocenters. The van der Waals surface area contributed by atoms with Gasteiger partial charge in [0.25, 0.3) is 0 Å². The lowest BCUT2D eigenvalue weighted by Crippen LogP contribution is -2.34. The van der Waals surface area contributed by atoms with E-state index in [9.17, 15) is 4.79 Å². The van der Waals surface area contributed by atoms with Crippen LogP contribution in [0, 0.1) is 23.2 Å². The quantitative estimate of drug-likeness (QED) is 0.670. The monoisotopic (exact) mass is 396 g/mol. The fourth-order valence-corrected chi connectivity index (χ4v) is 5.31. The number of hydrogen-bond acceptors (Lipinski definition) is 5. The first-order valence-electron chi connectivity index (χ1n) is 11.2. The minimum Gasteiger partial charge on any atom is -0.454 e. The number of likely N-dealkylation sites (tertiary alicyclic amines) is 1. The number of benzene rings is 1. The first-order chi connectivity index (χ1) is 14.2. The van der Waals surface area contributed by atoms with Crippen LogP contribution in [0.25, 0.3) is 0 Å². The van der Waals surface area contributed by atoms with E-state index >= 15 is 0 Å². The second kappa shape index (κ2) is 9.63. The van der Waals surface area contributed by atoms with Gasteiger partial charge in [0.2, 0.25) is 6.79 Å². The van der Waals surface area contributed by atoms with Crippen LogP contribution >= 0.6 is 0 Å². The standard InChI is InChI=1S/C24H32N2O3/c25-12-8-21(27)16-19-6-4-18(5-7-19)9-13-26-14-10-20(11-15-26)22-2-1-3-23-24(22)29-17-28-23/h1-3,18-20H,4-11,13-17H2.